The fraction of sp³-hybridized carbons (Fsp3) is 0.350. The first kappa shape index (κ1) is 18.4. The van der Waals surface area contributed by atoms with Crippen LogP contribution in [0.4, 0.5) is 4.39 Å². The molecular formula is C20H25FN2S. The molecule has 0 heterocycles. The summed E-state index contributed by atoms with van der Waals surface area (Å²) in [5, 5.41) is 6.72. The first-order valence-electron chi connectivity index (χ1n) is 8.12. The molecule has 2 nitrogen and oxygen atoms in total. The third-order valence-corrected chi connectivity index (χ3v) is 4.21. The number of hydrogen-bond donors (Lipinski definition) is 2. The summed E-state index contributed by atoms with van der Waals surface area (Å²) in [5.74, 6) is -0.205. The van der Waals surface area contributed by atoms with E-state index in [0.717, 1.165) is 11.1 Å². The van der Waals surface area contributed by atoms with Crippen LogP contribution in [0.1, 0.15) is 43.0 Å². The highest BCUT2D eigenvalue weighted by molar-refractivity contribution is 7.80. The molecule has 0 radical (unpaired) electrons. The molecule has 24 heavy (non-hydrogen) atoms. The molecular weight excluding hydrogens is 319 g/mol. The van der Waals surface area contributed by atoms with E-state index in [1.165, 1.54) is 11.6 Å². The number of benzene rings is 2. The van der Waals surface area contributed by atoms with E-state index in [1.807, 2.05) is 13.0 Å². The van der Waals surface area contributed by atoms with Crippen molar-refractivity contribution in [2.24, 2.45) is 0 Å². The van der Waals surface area contributed by atoms with Crippen molar-refractivity contribution in [1.29, 1.82) is 0 Å². The minimum atomic E-state index is -0.205. The number of thiocarbonyl (C=S) groups is 1. The first-order valence-corrected chi connectivity index (χ1v) is 8.52. The number of nitrogens with one attached hydrogen (secondary N) is 2. The summed E-state index contributed by atoms with van der Waals surface area (Å²) in [4.78, 5) is 0. The predicted octanol–water partition coefficient (Wildman–Crippen LogP) is 4.60. The third-order valence-electron chi connectivity index (χ3n) is 3.92. The number of rotatable bonds is 4. The van der Waals surface area contributed by atoms with Gasteiger partial charge in [0.2, 0.25) is 0 Å². The molecule has 0 unspecified atom stereocenters. The van der Waals surface area contributed by atoms with Gasteiger partial charge in [-0.1, -0.05) is 57.2 Å². The van der Waals surface area contributed by atoms with Crippen LogP contribution in [-0.4, -0.2) is 5.11 Å². The molecule has 2 N–H and O–H groups in total. The highest BCUT2D eigenvalue weighted by atomic mass is 32.1. The van der Waals surface area contributed by atoms with E-state index in [0.29, 0.717) is 23.8 Å². The molecule has 0 atom stereocenters. The van der Waals surface area contributed by atoms with E-state index in [-0.39, 0.29) is 11.2 Å². The van der Waals surface area contributed by atoms with Gasteiger partial charge in [0.25, 0.3) is 0 Å². The van der Waals surface area contributed by atoms with E-state index in [1.54, 1.807) is 6.07 Å². The average molecular weight is 344 g/mol. The lowest BCUT2D eigenvalue weighted by atomic mass is 9.87. The van der Waals surface area contributed by atoms with E-state index >= 15 is 0 Å². The van der Waals surface area contributed by atoms with Crippen LogP contribution in [0, 0.1) is 12.7 Å². The highest BCUT2D eigenvalue weighted by Crippen LogP contribution is 2.22. The van der Waals surface area contributed by atoms with Gasteiger partial charge in [-0.2, -0.15) is 0 Å². The van der Waals surface area contributed by atoms with Crippen LogP contribution in [0.15, 0.2) is 42.5 Å². The van der Waals surface area contributed by atoms with Gasteiger partial charge < -0.3 is 10.6 Å². The van der Waals surface area contributed by atoms with Crippen LogP contribution >= 0.6 is 12.2 Å². The Labute approximate surface area is 149 Å². The van der Waals surface area contributed by atoms with E-state index in [4.69, 9.17) is 12.2 Å². The van der Waals surface area contributed by atoms with Crippen molar-refractivity contribution in [3.05, 3.63) is 70.5 Å². The zero-order valence-electron chi connectivity index (χ0n) is 14.7. The monoisotopic (exact) mass is 344 g/mol. The molecule has 0 saturated carbocycles. The van der Waals surface area contributed by atoms with Crippen LogP contribution in [0.5, 0.6) is 0 Å². The second-order valence-electron chi connectivity index (χ2n) is 7.08. The summed E-state index contributed by atoms with van der Waals surface area (Å²) in [7, 11) is 0. The maximum Gasteiger partial charge on any atom is 0.166 e. The van der Waals surface area contributed by atoms with Gasteiger partial charge in [-0.05, 0) is 47.3 Å². The van der Waals surface area contributed by atoms with Gasteiger partial charge in [0.1, 0.15) is 5.82 Å². The summed E-state index contributed by atoms with van der Waals surface area (Å²) >= 11 is 5.26. The van der Waals surface area contributed by atoms with E-state index in [2.05, 4.69) is 55.7 Å². The van der Waals surface area contributed by atoms with Gasteiger partial charge in [0, 0.05) is 18.7 Å². The molecule has 0 amide bonds. The van der Waals surface area contributed by atoms with Gasteiger partial charge in [-0.3, -0.25) is 0 Å². The highest BCUT2D eigenvalue weighted by Gasteiger charge is 2.12. The third kappa shape index (κ3) is 5.31. The van der Waals surface area contributed by atoms with Crippen molar-refractivity contribution < 1.29 is 4.39 Å². The Kier molecular flexibility index (Phi) is 5.94. The summed E-state index contributed by atoms with van der Waals surface area (Å²) in [6, 6.07) is 13.7. The van der Waals surface area contributed by atoms with Crippen molar-refractivity contribution in [2.75, 3.05) is 0 Å². The Hall–Kier alpha value is -1.94. The predicted molar refractivity (Wildman–Crippen MR) is 103 cm³/mol. The van der Waals surface area contributed by atoms with Gasteiger partial charge in [0.05, 0.1) is 0 Å². The molecule has 2 rings (SSSR count). The molecule has 0 saturated heterocycles. The zero-order valence-corrected chi connectivity index (χ0v) is 15.6. The van der Waals surface area contributed by atoms with Gasteiger partial charge in [0.15, 0.2) is 5.11 Å². The Bertz CT molecular complexity index is 703. The fourth-order valence-electron chi connectivity index (χ4n) is 2.34. The second-order valence-corrected chi connectivity index (χ2v) is 7.49. The Morgan fingerprint density at radius 2 is 1.62 bits per heavy atom. The van der Waals surface area contributed by atoms with Gasteiger partial charge in [-0.25, -0.2) is 4.39 Å². The van der Waals surface area contributed by atoms with Crippen LogP contribution in [0.3, 0.4) is 0 Å². The van der Waals surface area contributed by atoms with Crippen molar-refractivity contribution in [3.63, 3.8) is 0 Å². The maximum absolute atomic E-state index is 13.8. The van der Waals surface area contributed by atoms with E-state index < -0.39 is 0 Å². The average Bonchev–Trinajstić information content (AvgIpc) is 2.51. The smallest absolute Gasteiger partial charge is 0.166 e. The molecule has 0 aliphatic carbocycles. The summed E-state index contributed by atoms with van der Waals surface area (Å²) in [6.45, 7) is 9.49. The summed E-state index contributed by atoms with van der Waals surface area (Å²) in [6.07, 6.45) is 0. The molecule has 0 aliphatic heterocycles. The first-order chi connectivity index (χ1) is 11.3. The second kappa shape index (κ2) is 7.75. The van der Waals surface area contributed by atoms with Gasteiger partial charge >= 0.3 is 0 Å². The largest absolute Gasteiger partial charge is 0.359 e. The molecule has 0 fully saturated rings. The van der Waals surface area contributed by atoms with E-state index in [9.17, 15) is 4.39 Å². The molecule has 4 heteroatoms. The lowest BCUT2D eigenvalue weighted by molar-refractivity contribution is 0.590. The lowest BCUT2D eigenvalue weighted by Crippen LogP contribution is -2.34. The number of hydrogen-bond acceptors (Lipinski definition) is 1. The molecule has 0 aliphatic rings. The minimum absolute atomic E-state index is 0.154. The topological polar surface area (TPSA) is 24.1 Å². The van der Waals surface area contributed by atoms with Gasteiger partial charge in [-0.15, -0.1) is 0 Å². The van der Waals surface area contributed by atoms with Crippen LogP contribution < -0.4 is 10.6 Å². The molecule has 128 valence electrons. The van der Waals surface area contributed by atoms with Crippen LogP contribution in [0.2, 0.25) is 0 Å². The van der Waals surface area contributed by atoms with Crippen molar-refractivity contribution >= 4 is 17.3 Å². The Morgan fingerprint density at radius 1 is 1.00 bits per heavy atom. The zero-order chi connectivity index (χ0) is 17.7. The van der Waals surface area contributed by atoms with Crippen LogP contribution in [-0.2, 0) is 18.5 Å². The van der Waals surface area contributed by atoms with Crippen molar-refractivity contribution in [2.45, 2.75) is 46.2 Å². The molecule has 2 aromatic carbocycles. The van der Waals surface area contributed by atoms with Crippen LogP contribution in [0.25, 0.3) is 0 Å². The number of aryl methyl sites for hydroxylation is 1. The van der Waals surface area contributed by atoms with Crippen molar-refractivity contribution in [1.82, 2.24) is 10.6 Å². The SMILES string of the molecule is Cc1ccc(CNC(=S)NCc2ccc(C(C)(C)C)cc2)c(F)c1. The Morgan fingerprint density at radius 3 is 2.21 bits per heavy atom. The summed E-state index contributed by atoms with van der Waals surface area (Å²) < 4.78 is 13.8. The lowest BCUT2D eigenvalue weighted by Gasteiger charge is -2.19. The number of halogens is 1. The quantitative estimate of drug-likeness (QED) is 0.793. The normalized spacial score (nSPS) is 11.2. The summed E-state index contributed by atoms with van der Waals surface area (Å²) in [5.41, 5.74) is 4.14. The Balaban J connectivity index is 1.83. The molecule has 0 spiro atoms. The fourth-order valence-corrected chi connectivity index (χ4v) is 2.48. The molecule has 0 bridgehead atoms. The molecule has 0 aromatic heterocycles. The van der Waals surface area contributed by atoms with Crippen molar-refractivity contribution in [3.8, 4) is 0 Å². The standard InChI is InChI=1S/C20H25FN2S/c1-14-5-8-16(18(21)11-14)13-23-19(24)22-12-15-6-9-17(10-7-15)20(2,3)4/h5-11H,12-13H2,1-4H3,(H2,22,23,24). The molecule has 2 aromatic rings. The minimum Gasteiger partial charge on any atom is -0.359 e. The maximum atomic E-state index is 13.8.